The molecule has 2 aromatic carbocycles. The summed E-state index contributed by atoms with van der Waals surface area (Å²) in [4.78, 5) is 47.4. The number of nitro benzene ring substituents is 1. The molecule has 1 atom stereocenters. The Morgan fingerprint density at radius 1 is 1.21 bits per heavy atom. The molecule has 0 radical (unpaired) electrons. The average Bonchev–Trinajstić information content (AvgIpc) is 3.08. The monoisotopic (exact) mass is 401 g/mol. The van der Waals surface area contributed by atoms with Crippen molar-refractivity contribution in [2.45, 2.75) is 6.42 Å². The van der Waals surface area contributed by atoms with Gasteiger partial charge in [0.25, 0.3) is 11.6 Å². The van der Waals surface area contributed by atoms with Gasteiger partial charge < -0.3 is 15.0 Å². The highest BCUT2D eigenvalue weighted by atomic mass is 19.1. The molecule has 1 N–H and O–H groups in total. The predicted molar refractivity (Wildman–Crippen MR) is 99.5 cm³/mol. The van der Waals surface area contributed by atoms with Gasteiger partial charge in [-0.05, 0) is 24.3 Å². The number of carbonyl (C=O) groups is 3. The number of halogens is 1. The van der Waals surface area contributed by atoms with Crippen LogP contribution in [0.4, 0.5) is 21.5 Å². The fourth-order valence-electron chi connectivity index (χ4n) is 2.89. The van der Waals surface area contributed by atoms with Crippen molar-refractivity contribution in [2.75, 3.05) is 23.4 Å². The van der Waals surface area contributed by atoms with Crippen molar-refractivity contribution in [3.8, 4) is 0 Å². The Balaban J connectivity index is 1.51. The van der Waals surface area contributed by atoms with E-state index in [1.807, 2.05) is 0 Å². The molecular formula is C19H16FN3O6. The van der Waals surface area contributed by atoms with Crippen molar-refractivity contribution in [1.82, 2.24) is 0 Å². The predicted octanol–water partition coefficient (Wildman–Crippen LogP) is 2.27. The number of ether oxygens (including phenoxy) is 1. The Hall–Kier alpha value is -3.82. The van der Waals surface area contributed by atoms with Gasteiger partial charge in [-0.15, -0.1) is 0 Å². The standard InChI is InChI=1S/C19H16FN3O6/c20-15-3-1-2-4-16(15)22-10-12(9-18(22)25)19(26)29-11-17(24)21-13-5-7-14(8-6-13)23(27)28/h1-8,12H,9-11H2,(H,21,24)/t12-/m0/s1. The molecule has 0 aliphatic carbocycles. The molecular weight excluding hydrogens is 385 g/mol. The number of carbonyl (C=O) groups excluding carboxylic acids is 3. The summed E-state index contributed by atoms with van der Waals surface area (Å²) in [5.74, 6) is -3.17. The van der Waals surface area contributed by atoms with Crippen LogP contribution in [0.1, 0.15) is 6.42 Å². The SMILES string of the molecule is O=C(COC(=O)[C@H]1CC(=O)N(c2ccccc2F)C1)Nc1ccc([N+](=O)[O-])cc1. The normalized spacial score (nSPS) is 15.8. The first kappa shape index (κ1) is 19.9. The number of para-hydroxylation sites is 1. The van der Waals surface area contributed by atoms with Gasteiger partial charge in [0.2, 0.25) is 5.91 Å². The number of nitrogens with zero attached hydrogens (tertiary/aromatic N) is 2. The summed E-state index contributed by atoms with van der Waals surface area (Å²) < 4.78 is 18.8. The number of anilines is 2. The molecule has 1 heterocycles. The van der Waals surface area contributed by atoms with Crippen LogP contribution in [0.2, 0.25) is 0 Å². The van der Waals surface area contributed by atoms with E-state index in [0.717, 1.165) is 0 Å². The summed E-state index contributed by atoms with van der Waals surface area (Å²) in [6.07, 6.45) is -0.142. The number of hydrogen-bond donors (Lipinski definition) is 1. The van der Waals surface area contributed by atoms with E-state index in [0.29, 0.717) is 5.69 Å². The van der Waals surface area contributed by atoms with Crippen LogP contribution in [0.25, 0.3) is 0 Å². The van der Waals surface area contributed by atoms with Crippen molar-refractivity contribution in [2.24, 2.45) is 5.92 Å². The summed E-state index contributed by atoms with van der Waals surface area (Å²) in [7, 11) is 0. The van der Waals surface area contributed by atoms with E-state index in [-0.39, 0.29) is 24.3 Å². The van der Waals surface area contributed by atoms with Crippen LogP contribution in [0.3, 0.4) is 0 Å². The van der Waals surface area contributed by atoms with Crippen molar-refractivity contribution in [1.29, 1.82) is 0 Å². The maximum Gasteiger partial charge on any atom is 0.311 e. The summed E-state index contributed by atoms with van der Waals surface area (Å²) in [6, 6.07) is 10.9. The smallest absolute Gasteiger partial charge is 0.311 e. The molecule has 1 aliphatic rings. The molecule has 1 saturated heterocycles. The zero-order chi connectivity index (χ0) is 21.0. The van der Waals surface area contributed by atoms with E-state index in [2.05, 4.69) is 5.32 Å². The lowest BCUT2D eigenvalue weighted by molar-refractivity contribution is -0.384. The lowest BCUT2D eigenvalue weighted by Gasteiger charge is -2.17. The van der Waals surface area contributed by atoms with Crippen molar-refractivity contribution >= 4 is 34.8 Å². The van der Waals surface area contributed by atoms with E-state index < -0.39 is 41.0 Å². The van der Waals surface area contributed by atoms with Gasteiger partial charge in [-0.2, -0.15) is 0 Å². The molecule has 150 valence electrons. The van der Waals surface area contributed by atoms with Crippen LogP contribution >= 0.6 is 0 Å². The van der Waals surface area contributed by atoms with Crippen LogP contribution in [-0.2, 0) is 19.1 Å². The van der Waals surface area contributed by atoms with E-state index in [1.165, 1.54) is 47.4 Å². The topological polar surface area (TPSA) is 119 Å². The van der Waals surface area contributed by atoms with Crippen LogP contribution in [0.15, 0.2) is 48.5 Å². The molecule has 3 rings (SSSR count). The summed E-state index contributed by atoms with van der Waals surface area (Å²) >= 11 is 0. The number of rotatable bonds is 6. The minimum absolute atomic E-state index is 0.0391. The van der Waals surface area contributed by atoms with Gasteiger partial charge in [-0.3, -0.25) is 24.5 Å². The lowest BCUT2D eigenvalue weighted by atomic mass is 10.1. The molecule has 29 heavy (non-hydrogen) atoms. The molecule has 0 aromatic heterocycles. The highest BCUT2D eigenvalue weighted by molar-refractivity contribution is 6.00. The molecule has 1 aliphatic heterocycles. The zero-order valence-corrected chi connectivity index (χ0v) is 15.0. The van der Waals surface area contributed by atoms with Crippen molar-refractivity contribution < 1.29 is 28.4 Å². The molecule has 0 unspecified atom stereocenters. The highest BCUT2D eigenvalue weighted by Gasteiger charge is 2.37. The van der Waals surface area contributed by atoms with E-state index in [9.17, 15) is 28.9 Å². The second-order valence-corrected chi connectivity index (χ2v) is 6.32. The molecule has 10 heteroatoms. The summed E-state index contributed by atoms with van der Waals surface area (Å²) in [5.41, 5.74) is 0.266. The second-order valence-electron chi connectivity index (χ2n) is 6.32. The fraction of sp³-hybridized carbons (Fsp3) is 0.211. The number of non-ortho nitro benzene ring substituents is 1. The van der Waals surface area contributed by atoms with Gasteiger partial charge in [-0.1, -0.05) is 12.1 Å². The van der Waals surface area contributed by atoms with Gasteiger partial charge in [0.1, 0.15) is 5.82 Å². The van der Waals surface area contributed by atoms with Gasteiger partial charge in [0.15, 0.2) is 6.61 Å². The maximum atomic E-state index is 13.9. The number of esters is 1. The van der Waals surface area contributed by atoms with Crippen molar-refractivity contribution in [3.05, 3.63) is 64.5 Å². The molecule has 2 aromatic rings. The molecule has 9 nitrogen and oxygen atoms in total. The Morgan fingerprint density at radius 3 is 2.55 bits per heavy atom. The third-order valence-electron chi connectivity index (χ3n) is 4.31. The minimum atomic E-state index is -0.811. The van der Waals surface area contributed by atoms with Gasteiger partial charge in [-0.25, -0.2) is 4.39 Å². The quantitative estimate of drug-likeness (QED) is 0.451. The third kappa shape index (κ3) is 4.72. The van der Waals surface area contributed by atoms with Crippen LogP contribution in [0, 0.1) is 21.8 Å². The second kappa shape index (κ2) is 8.46. The first-order chi connectivity index (χ1) is 13.8. The van der Waals surface area contributed by atoms with Gasteiger partial charge in [0, 0.05) is 30.8 Å². The van der Waals surface area contributed by atoms with Gasteiger partial charge in [0.05, 0.1) is 16.5 Å². The third-order valence-corrected chi connectivity index (χ3v) is 4.31. The number of amides is 2. The first-order valence-electron chi connectivity index (χ1n) is 8.61. The van der Waals surface area contributed by atoms with Crippen LogP contribution in [0.5, 0.6) is 0 Å². The molecule has 0 saturated carbocycles. The number of hydrogen-bond acceptors (Lipinski definition) is 6. The Labute approximate surface area is 164 Å². The number of nitrogens with one attached hydrogen (secondary N) is 1. The van der Waals surface area contributed by atoms with Gasteiger partial charge >= 0.3 is 5.97 Å². The van der Waals surface area contributed by atoms with E-state index in [4.69, 9.17) is 4.74 Å². The largest absolute Gasteiger partial charge is 0.455 e. The van der Waals surface area contributed by atoms with Crippen LogP contribution < -0.4 is 10.2 Å². The zero-order valence-electron chi connectivity index (χ0n) is 15.0. The Kier molecular flexibility index (Phi) is 5.82. The molecule has 0 bridgehead atoms. The number of nitro groups is 1. The highest BCUT2D eigenvalue weighted by Crippen LogP contribution is 2.27. The minimum Gasteiger partial charge on any atom is -0.455 e. The molecule has 2 amide bonds. The maximum absolute atomic E-state index is 13.9. The molecule has 1 fully saturated rings. The van der Waals surface area contributed by atoms with Crippen LogP contribution in [-0.4, -0.2) is 35.9 Å². The summed E-state index contributed by atoms with van der Waals surface area (Å²) in [5, 5.41) is 13.0. The summed E-state index contributed by atoms with van der Waals surface area (Å²) in [6.45, 7) is -0.622. The van der Waals surface area contributed by atoms with Crippen molar-refractivity contribution in [3.63, 3.8) is 0 Å². The number of benzene rings is 2. The lowest BCUT2D eigenvalue weighted by Crippen LogP contribution is -2.28. The van der Waals surface area contributed by atoms with E-state index in [1.54, 1.807) is 6.07 Å². The average molecular weight is 401 g/mol. The fourth-order valence-corrected chi connectivity index (χ4v) is 2.89. The molecule has 0 spiro atoms. The Morgan fingerprint density at radius 2 is 1.90 bits per heavy atom. The van der Waals surface area contributed by atoms with E-state index >= 15 is 0 Å². The first-order valence-corrected chi connectivity index (χ1v) is 8.61. The Bertz CT molecular complexity index is 963.